The summed E-state index contributed by atoms with van der Waals surface area (Å²) in [4.78, 5) is 37.2. The molecule has 0 aromatic heterocycles. The van der Waals surface area contributed by atoms with Gasteiger partial charge < -0.3 is 31.9 Å². The third-order valence-corrected chi connectivity index (χ3v) is 1.30. The molecule has 0 fully saturated rings. The molecule has 0 spiro atoms. The molecule has 0 aromatic rings. The molecule has 11 heteroatoms. The standard InChI is InChI=1S/C5H12N2O2.3C2H4O2.Na.H/c1-3(5(8)9)4(7)2-6;3*1-2(3)4;;/h3-4H,2,6-7H2,1H3,(H,8,9);3*1H3,(H,3,4);;. The minimum atomic E-state index is -0.895. The Bertz CT molecular complexity index is 285. The fourth-order valence-electron chi connectivity index (χ4n) is 0.387. The molecule has 10 nitrogen and oxygen atoms in total. The third kappa shape index (κ3) is 76.9. The summed E-state index contributed by atoms with van der Waals surface area (Å²) >= 11 is 0. The van der Waals surface area contributed by atoms with Gasteiger partial charge in [-0.15, -0.1) is 0 Å². The van der Waals surface area contributed by atoms with E-state index in [0.29, 0.717) is 0 Å². The summed E-state index contributed by atoms with van der Waals surface area (Å²) in [6, 6.07) is -0.428. The van der Waals surface area contributed by atoms with Crippen LogP contribution in [0.3, 0.4) is 0 Å². The van der Waals surface area contributed by atoms with Gasteiger partial charge in [0.1, 0.15) is 0 Å². The summed E-state index contributed by atoms with van der Waals surface area (Å²) in [6.07, 6.45) is 0. The Kier molecular flexibility index (Phi) is 32.8. The van der Waals surface area contributed by atoms with E-state index in [2.05, 4.69) is 0 Å². The molecule has 0 rings (SSSR count). The van der Waals surface area contributed by atoms with Crippen molar-refractivity contribution < 1.29 is 39.6 Å². The third-order valence-electron chi connectivity index (χ3n) is 1.30. The Morgan fingerprint density at radius 1 is 0.864 bits per heavy atom. The van der Waals surface area contributed by atoms with Gasteiger partial charge in [0.25, 0.3) is 17.9 Å². The van der Waals surface area contributed by atoms with Crippen LogP contribution in [0.4, 0.5) is 0 Å². The first kappa shape index (κ1) is 32.7. The van der Waals surface area contributed by atoms with Crippen molar-refractivity contribution in [2.24, 2.45) is 17.4 Å². The van der Waals surface area contributed by atoms with Crippen molar-refractivity contribution >= 4 is 53.4 Å². The number of rotatable bonds is 3. The van der Waals surface area contributed by atoms with E-state index in [0.717, 1.165) is 20.8 Å². The zero-order chi connectivity index (χ0) is 18.2. The normalized spacial score (nSPS) is 10.3. The van der Waals surface area contributed by atoms with Gasteiger partial charge in [0.05, 0.1) is 5.92 Å². The monoisotopic (exact) mass is 336 g/mol. The molecule has 0 heterocycles. The predicted octanol–water partition coefficient (Wildman–Crippen LogP) is -1.38. The van der Waals surface area contributed by atoms with Crippen molar-refractivity contribution in [3.05, 3.63) is 0 Å². The molecule has 8 N–H and O–H groups in total. The van der Waals surface area contributed by atoms with E-state index in [9.17, 15) is 4.79 Å². The Morgan fingerprint density at radius 3 is 1.09 bits per heavy atom. The molecule has 2 atom stereocenters. The van der Waals surface area contributed by atoms with E-state index >= 15 is 0 Å². The molecule has 0 aliphatic carbocycles. The van der Waals surface area contributed by atoms with Gasteiger partial charge in [-0.05, 0) is 0 Å². The summed E-state index contributed by atoms with van der Waals surface area (Å²) < 4.78 is 0. The van der Waals surface area contributed by atoms with Crippen LogP contribution < -0.4 is 11.5 Å². The molecule has 0 radical (unpaired) electrons. The van der Waals surface area contributed by atoms with Crippen LogP contribution in [0.1, 0.15) is 27.7 Å². The van der Waals surface area contributed by atoms with Crippen molar-refractivity contribution in [2.45, 2.75) is 33.7 Å². The van der Waals surface area contributed by atoms with Gasteiger partial charge in [-0.3, -0.25) is 19.2 Å². The first-order valence-corrected chi connectivity index (χ1v) is 5.56. The maximum absolute atomic E-state index is 10.2. The van der Waals surface area contributed by atoms with Gasteiger partial charge in [-0.1, -0.05) is 6.92 Å². The second-order valence-corrected chi connectivity index (χ2v) is 3.58. The summed E-state index contributed by atoms with van der Waals surface area (Å²) in [7, 11) is 0. The molecule has 0 aromatic carbocycles. The molecule has 0 saturated heterocycles. The molecular formula is C11H25N2NaO8. The van der Waals surface area contributed by atoms with E-state index < -0.39 is 35.8 Å². The summed E-state index contributed by atoms with van der Waals surface area (Å²) in [5, 5.41) is 30.6. The molecule has 128 valence electrons. The Labute approximate surface area is 150 Å². The molecular weight excluding hydrogens is 311 g/mol. The Balaban J connectivity index is -0.0000000632. The second kappa shape index (κ2) is 22.1. The van der Waals surface area contributed by atoms with Crippen molar-refractivity contribution in [3.8, 4) is 0 Å². The summed E-state index contributed by atoms with van der Waals surface area (Å²) in [6.45, 7) is 5.01. The van der Waals surface area contributed by atoms with Gasteiger partial charge in [0.15, 0.2) is 0 Å². The number of carbonyl (C=O) groups is 4. The van der Waals surface area contributed by atoms with E-state index in [4.69, 9.17) is 46.3 Å². The maximum atomic E-state index is 10.2. The Hall–Kier alpha value is -1.20. The molecule has 22 heavy (non-hydrogen) atoms. The van der Waals surface area contributed by atoms with Gasteiger partial charge >= 0.3 is 35.5 Å². The van der Waals surface area contributed by atoms with Crippen molar-refractivity contribution in [1.29, 1.82) is 0 Å². The first-order valence-electron chi connectivity index (χ1n) is 5.56. The molecule has 0 amide bonds. The summed E-state index contributed by atoms with van der Waals surface area (Å²) in [5.41, 5.74) is 10.4. The van der Waals surface area contributed by atoms with E-state index in [1.165, 1.54) is 0 Å². The average Bonchev–Trinajstić information content (AvgIpc) is 2.24. The quantitative estimate of drug-likeness (QED) is 0.333. The molecule has 0 aliphatic heterocycles. The van der Waals surface area contributed by atoms with Crippen LogP contribution in [-0.4, -0.2) is 86.4 Å². The van der Waals surface area contributed by atoms with Gasteiger partial charge in [-0.2, -0.15) is 0 Å². The summed E-state index contributed by atoms with van der Waals surface area (Å²) in [5.74, 6) is -3.94. The molecule has 2 unspecified atom stereocenters. The average molecular weight is 336 g/mol. The number of carboxylic acid groups (broad SMARTS) is 4. The zero-order valence-electron chi connectivity index (χ0n) is 12.4. The number of aliphatic carboxylic acids is 4. The number of hydrogen-bond donors (Lipinski definition) is 6. The van der Waals surface area contributed by atoms with Crippen LogP contribution >= 0.6 is 0 Å². The topological polar surface area (TPSA) is 201 Å². The Morgan fingerprint density at radius 2 is 1.05 bits per heavy atom. The van der Waals surface area contributed by atoms with Crippen LogP contribution in [0.2, 0.25) is 0 Å². The van der Waals surface area contributed by atoms with E-state index in [1.54, 1.807) is 6.92 Å². The van der Waals surface area contributed by atoms with Crippen molar-refractivity contribution in [1.82, 2.24) is 0 Å². The predicted molar refractivity (Wildman–Crippen MR) is 80.9 cm³/mol. The van der Waals surface area contributed by atoms with Crippen LogP contribution in [0.5, 0.6) is 0 Å². The van der Waals surface area contributed by atoms with Crippen molar-refractivity contribution in [2.75, 3.05) is 6.54 Å². The molecule has 0 bridgehead atoms. The van der Waals surface area contributed by atoms with Crippen LogP contribution in [-0.2, 0) is 19.2 Å². The van der Waals surface area contributed by atoms with E-state index in [1.807, 2.05) is 0 Å². The van der Waals surface area contributed by atoms with Crippen LogP contribution in [0.25, 0.3) is 0 Å². The fourth-order valence-corrected chi connectivity index (χ4v) is 0.387. The zero-order valence-corrected chi connectivity index (χ0v) is 12.4. The van der Waals surface area contributed by atoms with Gasteiger partial charge in [-0.25, -0.2) is 0 Å². The van der Waals surface area contributed by atoms with Gasteiger partial charge in [0.2, 0.25) is 0 Å². The second-order valence-electron chi connectivity index (χ2n) is 3.58. The molecule has 0 saturated carbocycles. The number of hydrogen-bond acceptors (Lipinski definition) is 6. The number of carboxylic acids is 4. The first-order chi connectivity index (χ1) is 9.29. The van der Waals surface area contributed by atoms with Crippen LogP contribution in [0, 0.1) is 5.92 Å². The van der Waals surface area contributed by atoms with E-state index in [-0.39, 0.29) is 36.1 Å². The number of nitrogens with two attached hydrogens (primary N) is 2. The van der Waals surface area contributed by atoms with Gasteiger partial charge in [0, 0.05) is 33.4 Å². The van der Waals surface area contributed by atoms with Crippen molar-refractivity contribution in [3.63, 3.8) is 0 Å². The minimum absolute atomic E-state index is 0. The molecule has 0 aliphatic rings. The fraction of sp³-hybridized carbons (Fsp3) is 0.636. The van der Waals surface area contributed by atoms with Crippen LogP contribution in [0.15, 0.2) is 0 Å². The SMILES string of the molecule is CC(=O)O.CC(=O)O.CC(=O)O.CC(C(=O)O)C(N)CN.[NaH].